The third-order valence-electron chi connectivity index (χ3n) is 3.67. The van der Waals surface area contributed by atoms with Gasteiger partial charge in [-0.05, 0) is 56.5 Å². The number of hydrogen-bond donors (Lipinski definition) is 1. The van der Waals surface area contributed by atoms with E-state index >= 15 is 0 Å². The van der Waals surface area contributed by atoms with Crippen LogP contribution in [0, 0.1) is 20.8 Å². The molecule has 0 aliphatic carbocycles. The van der Waals surface area contributed by atoms with Crippen LogP contribution in [0.1, 0.15) is 29.2 Å². The number of ether oxygens (including phenoxy) is 2. The highest BCUT2D eigenvalue weighted by atomic mass is 16.5. The van der Waals surface area contributed by atoms with E-state index in [1.165, 1.54) is 27.9 Å². The number of rotatable bonds is 6. The summed E-state index contributed by atoms with van der Waals surface area (Å²) in [5.41, 5.74) is 6.22. The molecule has 1 N–H and O–H groups in total. The summed E-state index contributed by atoms with van der Waals surface area (Å²) in [6.07, 6.45) is 0. The smallest absolute Gasteiger partial charge is 0.161 e. The van der Waals surface area contributed by atoms with Gasteiger partial charge in [-0.1, -0.05) is 23.8 Å². The van der Waals surface area contributed by atoms with E-state index in [0.717, 1.165) is 18.0 Å². The molecule has 0 heterocycles. The molecule has 0 aliphatic heterocycles. The monoisotopic (exact) mass is 299 g/mol. The van der Waals surface area contributed by atoms with Crippen LogP contribution in [0.2, 0.25) is 0 Å². The first-order valence-corrected chi connectivity index (χ1v) is 7.66. The third kappa shape index (κ3) is 3.73. The molecule has 3 nitrogen and oxygen atoms in total. The Bertz CT molecular complexity index is 627. The molecule has 118 valence electrons. The predicted octanol–water partition coefficient (Wildman–Crippen LogP) is 4.63. The lowest BCUT2D eigenvalue weighted by molar-refractivity contribution is 0.310. The van der Waals surface area contributed by atoms with Crippen molar-refractivity contribution >= 4 is 5.69 Å². The van der Waals surface area contributed by atoms with Gasteiger partial charge in [-0.2, -0.15) is 0 Å². The third-order valence-corrected chi connectivity index (χ3v) is 3.67. The second-order valence-corrected chi connectivity index (χ2v) is 5.55. The van der Waals surface area contributed by atoms with Crippen molar-refractivity contribution in [1.82, 2.24) is 0 Å². The minimum absolute atomic E-state index is 0.628. The van der Waals surface area contributed by atoms with Gasteiger partial charge < -0.3 is 14.8 Å². The second-order valence-electron chi connectivity index (χ2n) is 5.55. The lowest BCUT2D eigenvalue weighted by atomic mass is 10.0. The van der Waals surface area contributed by atoms with E-state index in [4.69, 9.17) is 9.47 Å². The van der Waals surface area contributed by atoms with Crippen molar-refractivity contribution in [3.8, 4) is 11.5 Å². The van der Waals surface area contributed by atoms with E-state index in [9.17, 15) is 0 Å². The van der Waals surface area contributed by atoms with E-state index in [1.54, 1.807) is 7.11 Å². The molecule has 2 rings (SSSR count). The van der Waals surface area contributed by atoms with E-state index < -0.39 is 0 Å². The summed E-state index contributed by atoms with van der Waals surface area (Å²) >= 11 is 0. The van der Waals surface area contributed by atoms with Gasteiger partial charge in [0.25, 0.3) is 0 Å². The predicted molar refractivity (Wildman–Crippen MR) is 92.1 cm³/mol. The van der Waals surface area contributed by atoms with E-state index in [1.807, 2.05) is 19.1 Å². The maximum Gasteiger partial charge on any atom is 0.161 e. The fourth-order valence-corrected chi connectivity index (χ4v) is 2.75. The number of methoxy groups -OCH3 is 1. The molecule has 0 bridgehead atoms. The minimum atomic E-state index is 0.628. The van der Waals surface area contributed by atoms with Crippen molar-refractivity contribution in [1.29, 1.82) is 0 Å². The molecule has 0 unspecified atom stereocenters. The zero-order chi connectivity index (χ0) is 16.1. The van der Waals surface area contributed by atoms with Crippen molar-refractivity contribution in [2.45, 2.75) is 34.2 Å². The van der Waals surface area contributed by atoms with Crippen molar-refractivity contribution in [2.75, 3.05) is 19.0 Å². The molecule has 0 saturated heterocycles. The fourth-order valence-electron chi connectivity index (χ4n) is 2.75. The largest absolute Gasteiger partial charge is 0.493 e. The molecule has 0 amide bonds. The first-order valence-electron chi connectivity index (χ1n) is 7.66. The molecular weight excluding hydrogens is 274 g/mol. The Labute approximate surface area is 133 Å². The van der Waals surface area contributed by atoms with Crippen LogP contribution in [0.15, 0.2) is 30.3 Å². The van der Waals surface area contributed by atoms with E-state index in [-0.39, 0.29) is 0 Å². The first kappa shape index (κ1) is 16.2. The molecule has 0 saturated carbocycles. The lowest BCUT2D eigenvalue weighted by Gasteiger charge is -2.15. The molecule has 0 spiro atoms. The quantitative estimate of drug-likeness (QED) is 0.843. The van der Waals surface area contributed by atoms with Crippen molar-refractivity contribution in [3.63, 3.8) is 0 Å². The van der Waals surface area contributed by atoms with Crippen LogP contribution < -0.4 is 14.8 Å². The average molecular weight is 299 g/mol. The molecule has 0 fully saturated rings. The summed E-state index contributed by atoms with van der Waals surface area (Å²) in [7, 11) is 1.66. The maximum atomic E-state index is 5.63. The molecule has 0 radical (unpaired) electrons. The molecule has 2 aromatic rings. The van der Waals surface area contributed by atoms with Crippen molar-refractivity contribution in [2.24, 2.45) is 0 Å². The summed E-state index contributed by atoms with van der Waals surface area (Å²) < 4.78 is 11.0. The zero-order valence-electron chi connectivity index (χ0n) is 14.1. The van der Waals surface area contributed by atoms with Crippen LogP contribution in [0.3, 0.4) is 0 Å². The van der Waals surface area contributed by atoms with Gasteiger partial charge in [-0.15, -0.1) is 0 Å². The minimum Gasteiger partial charge on any atom is -0.493 e. The van der Waals surface area contributed by atoms with Gasteiger partial charge in [-0.25, -0.2) is 0 Å². The van der Waals surface area contributed by atoms with Crippen LogP contribution in [0.4, 0.5) is 5.69 Å². The molecule has 2 aromatic carbocycles. The SMILES string of the molecule is CCOc1cc(CNc2c(C)cc(C)cc2C)ccc1OC. The number of benzene rings is 2. The average Bonchev–Trinajstić information content (AvgIpc) is 2.46. The highest BCUT2D eigenvalue weighted by molar-refractivity contribution is 5.58. The van der Waals surface area contributed by atoms with Crippen LogP contribution >= 0.6 is 0 Å². The van der Waals surface area contributed by atoms with Gasteiger partial charge in [0.05, 0.1) is 13.7 Å². The van der Waals surface area contributed by atoms with Crippen LogP contribution in [-0.4, -0.2) is 13.7 Å². The van der Waals surface area contributed by atoms with Crippen molar-refractivity contribution in [3.05, 3.63) is 52.6 Å². The molecule has 0 aromatic heterocycles. The molecule has 0 atom stereocenters. The summed E-state index contributed by atoms with van der Waals surface area (Å²) in [5.74, 6) is 1.56. The number of anilines is 1. The van der Waals surface area contributed by atoms with Gasteiger partial charge in [0.1, 0.15) is 0 Å². The van der Waals surface area contributed by atoms with Gasteiger partial charge in [0, 0.05) is 12.2 Å². The second kappa shape index (κ2) is 7.21. The summed E-state index contributed by atoms with van der Waals surface area (Å²) in [6, 6.07) is 10.5. The zero-order valence-corrected chi connectivity index (χ0v) is 14.1. The Morgan fingerprint density at radius 2 is 1.64 bits per heavy atom. The molecule has 22 heavy (non-hydrogen) atoms. The van der Waals surface area contributed by atoms with Crippen LogP contribution in [0.5, 0.6) is 11.5 Å². The van der Waals surface area contributed by atoms with Crippen LogP contribution in [-0.2, 0) is 6.54 Å². The summed E-state index contributed by atoms with van der Waals surface area (Å²) in [6.45, 7) is 9.77. The highest BCUT2D eigenvalue weighted by Gasteiger charge is 2.07. The van der Waals surface area contributed by atoms with Crippen LogP contribution in [0.25, 0.3) is 0 Å². The fraction of sp³-hybridized carbons (Fsp3) is 0.368. The highest BCUT2D eigenvalue weighted by Crippen LogP contribution is 2.29. The Hall–Kier alpha value is -2.16. The Morgan fingerprint density at radius 1 is 0.955 bits per heavy atom. The van der Waals surface area contributed by atoms with E-state index in [0.29, 0.717) is 6.61 Å². The van der Waals surface area contributed by atoms with Gasteiger partial charge in [0.2, 0.25) is 0 Å². The van der Waals surface area contributed by atoms with Crippen molar-refractivity contribution < 1.29 is 9.47 Å². The number of hydrogen-bond acceptors (Lipinski definition) is 3. The standard InChI is InChI=1S/C19H25NO2/c1-6-22-18-11-16(7-8-17(18)21-5)12-20-19-14(3)9-13(2)10-15(19)4/h7-11,20H,6,12H2,1-5H3. The molecular formula is C19H25NO2. The van der Waals surface area contributed by atoms with E-state index in [2.05, 4.69) is 44.3 Å². The normalized spacial score (nSPS) is 10.4. The number of nitrogens with one attached hydrogen (secondary N) is 1. The molecule has 3 heteroatoms. The summed E-state index contributed by atoms with van der Waals surface area (Å²) in [4.78, 5) is 0. The number of aryl methyl sites for hydroxylation is 3. The Morgan fingerprint density at radius 3 is 2.23 bits per heavy atom. The first-order chi connectivity index (χ1) is 10.5. The van der Waals surface area contributed by atoms with Gasteiger partial charge >= 0.3 is 0 Å². The molecule has 0 aliphatic rings. The maximum absolute atomic E-state index is 5.63. The Balaban J connectivity index is 2.16. The lowest BCUT2D eigenvalue weighted by Crippen LogP contribution is -2.04. The summed E-state index contributed by atoms with van der Waals surface area (Å²) in [5, 5.41) is 3.54. The topological polar surface area (TPSA) is 30.5 Å². The van der Waals surface area contributed by atoms with Gasteiger partial charge in [0.15, 0.2) is 11.5 Å². The van der Waals surface area contributed by atoms with Gasteiger partial charge in [-0.3, -0.25) is 0 Å². The Kier molecular flexibility index (Phi) is 5.31.